The van der Waals surface area contributed by atoms with Crippen LogP contribution in [0.3, 0.4) is 0 Å². The van der Waals surface area contributed by atoms with E-state index in [1.807, 2.05) is 0 Å². The average molecular weight is 225 g/mol. The van der Waals surface area contributed by atoms with Crippen LogP contribution in [0.1, 0.15) is 45.4 Å². The van der Waals surface area contributed by atoms with Gasteiger partial charge >= 0.3 is 0 Å². The molecule has 0 bridgehead atoms. The maximum atomic E-state index is 5.39. The van der Waals surface area contributed by atoms with Crippen LogP contribution in [0.15, 0.2) is 0 Å². The minimum absolute atomic E-state index is 0.783. The fourth-order valence-corrected chi connectivity index (χ4v) is 3.19. The topological polar surface area (TPSA) is 21.3 Å². The molecule has 3 unspecified atom stereocenters. The van der Waals surface area contributed by atoms with E-state index in [1.165, 1.54) is 51.6 Å². The maximum absolute atomic E-state index is 5.39. The van der Waals surface area contributed by atoms with Crippen molar-refractivity contribution >= 4 is 0 Å². The van der Waals surface area contributed by atoms with Gasteiger partial charge in [-0.05, 0) is 43.6 Å². The van der Waals surface area contributed by atoms with Gasteiger partial charge in [-0.15, -0.1) is 0 Å². The Morgan fingerprint density at radius 3 is 2.62 bits per heavy atom. The molecule has 0 aromatic carbocycles. The van der Waals surface area contributed by atoms with Gasteiger partial charge in [-0.25, -0.2) is 0 Å². The molecule has 2 heteroatoms. The molecule has 2 nitrogen and oxygen atoms in total. The summed E-state index contributed by atoms with van der Waals surface area (Å²) in [5.74, 6) is 2.74. The summed E-state index contributed by atoms with van der Waals surface area (Å²) in [4.78, 5) is 0. The van der Waals surface area contributed by atoms with E-state index in [0.29, 0.717) is 0 Å². The van der Waals surface area contributed by atoms with Crippen LogP contribution in [0.5, 0.6) is 0 Å². The lowest BCUT2D eigenvalue weighted by molar-refractivity contribution is 0.184. The summed E-state index contributed by atoms with van der Waals surface area (Å²) in [7, 11) is 0. The molecule has 3 atom stereocenters. The van der Waals surface area contributed by atoms with Crippen molar-refractivity contribution in [1.82, 2.24) is 5.32 Å². The van der Waals surface area contributed by atoms with Crippen LogP contribution < -0.4 is 5.32 Å². The molecular weight excluding hydrogens is 198 g/mol. The van der Waals surface area contributed by atoms with Gasteiger partial charge in [-0.2, -0.15) is 0 Å². The molecule has 16 heavy (non-hydrogen) atoms. The molecule has 1 saturated carbocycles. The van der Waals surface area contributed by atoms with Crippen LogP contribution in [0.2, 0.25) is 0 Å². The van der Waals surface area contributed by atoms with Crippen molar-refractivity contribution < 1.29 is 4.74 Å². The molecule has 2 fully saturated rings. The molecule has 1 aliphatic heterocycles. The Hall–Kier alpha value is -0.0800. The second-order valence-electron chi connectivity index (χ2n) is 5.69. The largest absolute Gasteiger partial charge is 0.381 e. The summed E-state index contributed by atoms with van der Waals surface area (Å²) in [6.07, 6.45) is 8.48. The highest BCUT2D eigenvalue weighted by Gasteiger charge is 2.21. The number of hydrogen-bond donors (Lipinski definition) is 1. The third-order valence-corrected chi connectivity index (χ3v) is 4.36. The molecule has 0 spiro atoms. The summed E-state index contributed by atoms with van der Waals surface area (Å²) in [5.41, 5.74) is 0. The number of hydrogen-bond acceptors (Lipinski definition) is 2. The van der Waals surface area contributed by atoms with Gasteiger partial charge in [0.15, 0.2) is 0 Å². The van der Waals surface area contributed by atoms with Crippen molar-refractivity contribution in [3.8, 4) is 0 Å². The standard InChI is InChI=1S/C14H27NO/c1-2-12-4-3-5-13(8-12)9-15-10-14-6-7-16-11-14/h12-15H,2-11H2,1H3. The SMILES string of the molecule is CCC1CCCC(CNCC2CCOC2)C1. The van der Waals surface area contributed by atoms with Crippen LogP contribution in [0.4, 0.5) is 0 Å². The Bertz CT molecular complexity index is 189. The monoisotopic (exact) mass is 225 g/mol. The quantitative estimate of drug-likeness (QED) is 0.777. The molecule has 1 heterocycles. The lowest BCUT2D eigenvalue weighted by atomic mass is 9.80. The van der Waals surface area contributed by atoms with E-state index in [9.17, 15) is 0 Å². The van der Waals surface area contributed by atoms with Crippen LogP contribution in [-0.4, -0.2) is 26.3 Å². The van der Waals surface area contributed by atoms with E-state index in [1.54, 1.807) is 0 Å². The van der Waals surface area contributed by atoms with Gasteiger partial charge in [0, 0.05) is 13.2 Å². The molecule has 0 radical (unpaired) electrons. The van der Waals surface area contributed by atoms with E-state index in [2.05, 4.69) is 12.2 Å². The Balaban J connectivity index is 1.58. The molecule has 94 valence electrons. The molecule has 0 aromatic heterocycles. The zero-order valence-electron chi connectivity index (χ0n) is 10.7. The van der Waals surface area contributed by atoms with E-state index in [4.69, 9.17) is 4.74 Å². The third-order valence-electron chi connectivity index (χ3n) is 4.36. The first kappa shape index (κ1) is 12.4. The molecular formula is C14H27NO. The van der Waals surface area contributed by atoms with Crippen molar-refractivity contribution in [1.29, 1.82) is 0 Å². The van der Waals surface area contributed by atoms with Crippen LogP contribution in [0, 0.1) is 17.8 Å². The minimum atomic E-state index is 0.783. The minimum Gasteiger partial charge on any atom is -0.381 e. The van der Waals surface area contributed by atoms with Gasteiger partial charge in [0.25, 0.3) is 0 Å². The van der Waals surface area contributed by atoms with Crippen molar-refractivity contribution in [2.45, 2.75) is 45.4 Å². The molecule has 0 amide bonds. The summed E-state index contributed by atoms with van der Waals surface area (Å²) >= 11 is 0. The van der Waals surface area contributed by atoms with E-state index < -0.39 is 0 Å². The molecule has 1 saturated heterocycles. The summed E-state index contributed by atoms with van der Waals surface area (Å²) < 4.78 is 5.39. The Labute approximate surface area is 100 Å². The number of ether oxygens (including phenoxy) is 1. The highest BCUT2D eigenvalue weighted by atomic mass is 16.5. The van der Waals surface area contributed by atoms with E-state index in [-0.39, 0.29) is 0 Å². The average Bonchev–Trinajstić information content (AvgIpc) is 2.82. The zero-order chi connectivity index (χ0) is 11.2. The summed E-state index contributed by atoms with van der Waals surface area (Å²) in [6.45, 7) is 6.72. The number of rotatable bonds is 5. The smallest absolute Gasteiger partial charge is 0.0507 e. The normalized spacial score (nSPS) is 35.4. The van der Waals surface area contributed by atoms with Crippen molar-refractivity contribution in [2.75, 3.05) is 26.3 Å². The Morgan fingerprint density at radius 1 is 1.06 bits per heavy atom. The fraction of sp³-hybridized carbons (Fsp3) is 1.00. The Kier molecular flexibility index (Phi) is 5.11. The van der Waals surface area contributed by atoms with Gasteiger partial charge < -0.3 is 10.1 Å². The molecule has 1 aliphatic carbocycles. The fourth-order valence-electron chi connectivity index (χ4n) is 3.19. The predicted octanol–water partition coefficient (Wildman–Crippen LogP) is 2.83. The van der Waals surface area contributed by atoms with Crippen LogP contribution in [0.25, 0.3) is 0 Å². The zero-order valence-corrected chi connectivity index (χ0v) is 10.7. The summed E-state index contributed by atoms with van der Waals surface area (Å²) in [6, 6.07) is 0. The lowest BCUT2D eigenvalue weighted by Gasteiger charge is -2.28. The predicted molar refractivity (Wildman–Crippen MR) is 67.5 cm³/mol. The van der Waals surface area contributed by atoms with Crippen molar-refractivity contribution in [3.63, 3.8) is 0 Å². The Morgan fingerprint density at radius 2 is 1.88 bits per heavy atom. The van der Waals surface area contributed by atoms with Gasteiger partial charge in [-0.1, -0.05) is 26.2 Å². The van der Waals surface area contributed by atoms with Crippen LogP contribution in [-0.2, 0) is 4.74 Å². The molecule has 2 rings (SSSR count). The molecule has 1 N–H and O–H groups in total. The molecule has 2 aliphatic rings. The van der Waals surface area contributed by atoms with Gasteiger partial charge in [-0.3, -0.25) is 0 Å². The van der Waals surface area contributed by atoms with E-state index in [0.717, 1.165) is 31.0 Å². The first-order valence-corrected chi connectivity index (χ1v) is 7.17. The van der Waals surface area contributed by atoms with E-state index >= 15 is 0 Å². The van der Waals surface area contributed by atoms with Crippen molar-refractivity contribution in [2.24, 2.45) is 17.8 Å². The second kappa shape index (κ2) is 6.61. The first-order valence-electron chi connectivity index (χ1n) is 7.17. The number of nitrogens with one attached hydrogen (secondary N) is 1. The summed E-state index contributed by atoms with van der Waals surface area (Å²) in [5, 5.41) is 3.66. The molecule has 0 aromatic rings. The highest BCUT2D eigenvalue weighted by Crippen LogP contribution is 2.30. The third kappa shape index (κ3) is 3.74. The van der Waals surface area contributed by atoms with Crippen molar-refractivity contribution in [3.05, 3.63) is 0 Å². The van der Waals surface area contributed by atoms with Gasteiger partial charge in [0.1, 0.15) is 0 Å². The second-order valence-corrected chi connectivity index (χ2v) is 5.69. The highest BCUT2D eigenvalue weighted by molar-refractivity contribution is 4.75. The van der Waals surface area contributed by atoms with Gasteiger partial charge in [0.2, 0.25) is 0 Å². The first-order chi connectivity index (χ1) is 7.88. The maximum Gasteiger partial charge on any atom is 0.0507 e. The lowest BCUT2D eigenvalue weighted by Crippen LogP contribution is -2.31. The van der Waals surface area contributed by atoms with Crippen LogP contribution >= 0.6 is 0 Å². The van der Waals surface area contributed by atoms with Gasteiger partial charge in [0.05, 0.1) is 6.61 Å².